The summed E-state index contributed by atoms with van der Waals surface area (Å²) < 4.78 is 12.6. The molecule has 10 heteroatoms. The van der Waals surface area contributed by atoms with Gasteiger partial charge in [-0.15, -0.1) is 0 Å². The van der Waals surface area contributed by atoms with E-state index in [-0.39, 0.29) is 17.9 Å². The van der Waals surface area contributed by atoms with Crippen LogP contribution in [-0.2, 0) is 4.79 Å². The Labute approximate surface area is 240 Å². The molecule has 5 rings (SSSR count). The van der Waals surface area contributed by atoms with E-state index < -0.39 is 0 Å². The SMILES string of the molecule is COc1cc(C#Cc2nn(C3CN(C(=O)C=CCN(C)C(C)C)C4=CC=CCC43)c3ncnc(N)c23)cc(OC)c1. The summed E-state index contributed by atoms with van der Waals surface area (Å²) in [6.07, 6.45) is 11.9. The van der Waals surface area contributed by atoms with Gasteiger partial charge < -0.3 is 25.0 Å². The van der Waals surface area contributed by atoms with Crippen LogP contribution < -0.4 is 15.2 Å². The first kappa shape index (κ1) is 27.9. The van der Waals surface area contributed by atoms with Gasteiger partial charge in [-0.05, 0) is 51.4 Å². The van der Waals surface area contributed by atoms with E-state index in [0.29, 0.717) is 58.7 Å². The third-order valence-corrected chi connectivity index (χ3v) is 7.63. The lowest BCUT2D eigenvalue weighted by Gasteiger charge is -2.21. The van der Waals surface area contributed by atoms with Gasteiger partial charge in [-0.25, -0.2) is 14.6 Å². The number of allylic oxidation sites excluding steroid dienone is 4. The number of hydrogen-bond donors (Lipinski definition) is 1. The van der Waals surface area contributed by atoms with Crippen LogP contribution in [0.5, 0.6) is 11.5 Å². The van der Waals surface area contributed by atoms with Gasteiger partial charge in [0, 0.05) is 48.5 Å². The van der Waals surface area contributed by atoms with E-state index in [0.717, 1.165) is 12.1 Å². The maximum atomic E-state index is 13.4. The Hall–Kier alpha value is -4.62. The Balaban J connectivity index is 1.50. The van der Waals surface area contributed by atoms with E-state index in [2.05, 4.69) is 46.6 Å². The summed E-state index contributed by atoms with van der Waals surface area (Å²) in [5.74, 6) is 7.91. The molecule has 2 aromatic heterocycles. The average Bonchev–Trinajstić information content (AvgIpc) is 3.55. The monoisotopic (exact) mass is 553 g/mol. The standard InChI is InChI=1S/C31H35N7O3/c1-20(2)36(3)14-8-11-28(39)37-18-27(24-9-6-7-10-26(24)37)38-31-29(30(32)33-19-34-31)25(35-38)13-12-21-15-22(40-4)17-23(16-21)41-5/h6-8,10-11,15-17,19-20,24,27H,9,14,18H2,1-5H3,(H2,32,33,34). The van der Waals surface area contributed by atoms with Crippen LogP contribution >= 0.6 is 0 Å². The van der Waals surface area contributed by atoms with Gasteiger partial charge in [-0.3, -0.25) is 4.79 Å². The van der Waals surface area contributed by atoms with Crippen LogP contribution in [-0.4, -0.2) is 75.9 Å². The van der Waals surface area contributed by atoms with Gasteiger partial charge in [0.25, 0.3) is 5.91 Å². The summed E-state index contributed by atoms with van der Waals surface area (Å²) in [5.41, 5.74) is 9.07. The molecule has 41 heavy (non-hydrogen) atoms. The van der Waals surface area contributed by atoms with Crippen molar-refractivity contribution in [3.63, 3.8) is 0 Å². The second kappa shape index (κ2) is 11.9. The highest BCUT2D eigenvalue weighted by atomic mass is 16.5. The Morgan fingerprint density at radius 3 is 2.66 bits per heavy atom. The van der Waals surface area contributed by atoms with Crippen LogP contribution in [0.25, 0.3) is 11.0 Å². The predicted octanol–water partition coefficient (Wildman–Crippen LogP) is 3.57. The molecule has 1 aliphatic heterocycles. The lowest BCUT2D eigenvalue weighted by molar-refractivity contribution is -0.123. The molecule has 3 heterocycles. The fourth-order valence-electron chi connectivity index (χ4n) is 5.11. The molecule has 0 bridgehead atoms. The van der Waals surface area contributed by atoms with Gasteiger partial charge in [0.15, 0.2) is 5.65 Å². The highest BCUT2D eigenvalue weighted by molar-refractivity contribution is 5.91. The molecule has 0 radical (unpaired) electrons. The molecule has 1 aliphatic carbocycles. The number of nitrogens with two attached hydrogens (primary N) is 1. The fourth-order valence-corrected chi connectivity index (χ4v) is 5.11. The lowest BCUT2D eigenvalue weighted by atomic mass is 9.93. The van der Waals surface area contributed by atoms with Crippen LogP contribution in [0.2, 0.25) is 0 Å². The van der Waals surface area contributed by atoms with E-state index in [1.165, 1.54) is 6.33 Å². The molecule has 1 saturated heterocycles. The Morgan fingerprint density at radius 1 is 1.20 bits per heavy atom. The minimum absolute atomic E-state index is 0.0474. The molecular weight excluding hydrogens is 518 g/mol. The van der Waals surface area contributed by atoms with Crippen molar-refractivity contribution in [2.45, 2.75) is 32.4 Å². The van der Waals surface area contributed by atoms with Crippen LogP contribution in [0, 0.1) is 17.8 Å². The number of amides is 1. The van der Waals surface area contributed by atoms with E-state index in [1.807, 2.05) is 47.0 Å². The summed E-state index contributed by atoms with van der Waals surface area (Å²) in [7, 11) is 5.23. The number of nitrogen functional groups attached to an aromatic ring is 1. The summed E-state index contributed by atoms with van der Waals surface area (Å²) in [6, 6.07) is 5.69. The van der Waals surface area contributed by atoms with Crippen molar-refractivity contribution in [1.82, 2.24) is 29.5 Å². The second-order valence-corrected chi connectivity index (χ2v) is 10.4. The summed E-state index contributed by atoms with van der Waals surface area (Å²) in [4.78, 5) is 26.1. The smallest absolute Gasteiger partial charge is 0.250 e. The first-order valence-electron chi connectivity index (χ1n) is 13.6. The Morgan fingerprint density at radius 2 is 1.95 bits per heavy atom. The van der Waals surface area contributed by atoms with Crippen LogP contribution in [0.3, 0.4) is 0 Å². The van der Waals surface area contributed by atoms with Gasteiger partial charge in [0.2, 0.25) is 0 Å². The topological polar surface area (TPSA) is 112 Å². The third-order valence-electron chi connectivity index (χ3n) is 7.63. The van der Waals surface area contributed by atoms with Gasteiger partial charge in [0.05, 0.1) is 25.6 Å². The first-order valence-corrected chi connectivity index (χ1v) is 13.6. The van der Waals surface area contributed by atoms with Crippen molar-refractivity contribution in [2.75, 3.05) is 40.1 Å². The third kappa shape index (κ3) is 5.67. The van der Waals surface area contributed by atoms with Gasteiger partial charge in [0.1, 0.15) is 29.3 Å². The zero-order valence-corrected chi connectivity index (χ0v) is 24.0. The number of fused-ring (bicyclic) bond motifs is 2. The molecule has 0 spiro atoms. The van der Waals surface area contributed by atoms with E-state index in [1.54, 1.807) is 26.4 Å². The molecule has 2 aliphatic rings. The summed E-state index contributed by atoms with van der Waals surface area (Å²) in [5, 5.41) is 5.50. The number of carbonyl (C=O) groups excluding carboxylic acids is 1. The molecular formula is C31H35N7O3. The Kier molecular flexibility index (Phi) is 8.08. The van der Waals surface area contributed by atoms with Crippen molar-refractivity contribution in [3.8, 4) is 23.3 Å². The number of rotatable bonds is 7. The zero-order valence-electron chi connectivity index (χ0n) is 24.0. The van der Waals surface area contributed by atoms with Crippen LogP contribution in [0.4, 0.5) is 5.82 Å². The van der Waals surface area contributed by atoms with Gasteiger partial charge >= 0.3 is 0 Å². The fraction of sp³-hybridized carbons (Fsp3) is 0.355. The van der Waals surface area contributed by atoms with Gasteiger partial charge in [-0.2, -0.15) is 5.10 Å². The van der Waals surface area contributed by atoms with E-state index >= 15 is 0 Å². The minimum Gasteiger partial charge on any atom is -0.497 e. The average molecular weight is 554 g/mol. The minimum atomic E-state index is -0.147. The summed E-state index contributed by atoms with van der Waals surface area (Å²) in [6.45, 7) is 5.41. The first-order chi connectivity index (χ1) is 19.8. The molecule has 2 atom stereocenters. The number of aromatic nitrogens is 4. The Bertz CT molecular complexity index is 1590. The number of nitrogens with zero attached hydrogens (tertiary/aromatic N) is 6. The van der Waals surface area contributed by atoms with Crippen molar-refractivity contribution < 1.29 is 14.3 Å². The second-order valence-electron chi connectivity index (χ2n) is 10.4. The van der Waals surface area contributed by atoms with Crippen molar-refractivity contribution in [2.24, 2.45) is 5.92 Å². The number of anilines is 1. The number of ether oxygens (including phenoxy) is 2. The van der Waals surface area contributed by atoms with Crippen molar-refractivity contribution in [3.05, 3.63) is 71.9 Å². The maximum absolute atomic E-state index is 13.4. The lowest BCUT2D eigenvalue weighted by Crippen LogP contribution is -2.28. The molecule has 0 saturated carbocycles. The molecule has 1 fully saturated rings. The number of benzene rings is 1. The molecule has 2 unspecified atom stereocenters. The quantitative estimate of drug-likeness (QED) is 0.349. The summed E-state index contributed by atoms with van der Waals surface area (Å²) >= 11 is 0. The van der Waals surface area contributed by atoms with E-state index in [4.69, 9.17) is 20.3 Å². The molecule has 1 amide bonds. The maximum Gasteiger partial charge on any atom is 0.250 e. The largest absolute Gasteiger partial charge is 0.497 e. The highest BCUT2D eigenvalue weighted by Crippen LogP contribution is 2.42. The molecule has 212 valence electrons. The predicted molar refractivity (Wildman–Crippen MR) is 158 cm³/mol. The molecule has 3 aromatic rings. The zero-order chi connectivity index (χ0) is 29.1. The van der Waals surface area contributed by atoms with E-state index in [9.17, 15) is 4.79 Å². The molecule has 2 N–H and O–H groups in total. The van der Waals surface area contributed by atoms with Crippen molar-refractivity contribution >= 4 is 22.8 Å². The number of carbonyl (C=O) groups is 1. The van der Waals surface area contributed by atoms with Crippen molar-refractivity contribution in [1.29, 1.82) is 0 Å². The molecule has 10 nitrogen and oxygen atoms in total. The van der Waals surface area contributed by atoms with Crippen LogP contribution in [0.1, 0.15) is 37.6 Å². The number of likely N-dealkylation sites (N-methyl/N-ethyl adjacent to an activating group) is 1. The van der Waals surface area contributed by atoms with Gasteiger partial charge in [-0.1, -0.05) is 24.1 Å². The normalized spacial score (nSPS) is 18.1. The number of hydrogen-bond acceptors (Lipinski definition) is 8. The number of likely N-dealkylation sites (tertiary alicyclic amines) is 1. The number of methoxy groups -OCH3 is 2. The highest BCUT2D eigenvalue weighted by Gasteiger charge is 2.42. The van der Waals surface area contributed by atoms with Crippen LogP contribution in [0.15, 0.2) is 60.6 Å². The molecule has 1 aromatic carbocycles.